The van der Waals surface area contributed by atoms with Gasteiger partial charge in [-0.3, -0.25) is 9.59 Å². The Kier molecular flexibility index (Phi) is 5.58. The van der Waals surface area contributed by atoms with E-state index in [4.69, 9.17) is 23.2 Å². The number of rotatable bonds is 4. The Bertz CT molecular complexity index is 1100. The van der Waals surface area contributed by atoms with Crippen LogP contribution in [0.2, 0.25) is 10.0 Å². The van der Waals surface area contributed by atoms with Gasteiger partial charge in [-0.05, 0) is 62.4 Å². The molecule has 0 bridgehead atoms. The maximum Gasteiger partial charge on any atom is 0.229 e. The average Bonchev–Trinajstić information content (AvgIpc) is 3.27. The third kappa shape index (κ3) is 3.83. The molecule has 1 saturated heterocycles. The fourth-order valence-electron chi connectivity index (χ4n) is 3.83. The van der Waals surface area contributed by atoms with Crippen molar-refractivity contribution in [2.24, 2.45) is 5.92 Å². The second kappa shape index (κ2) is 8.17. The molecule has 0 saturated carbocycles. The van der Waals surface area contributed by atoms with E-state index in [9.17, 15) is 9.59 Å². The summed E-state index contributed by atoms with van der Waals surface area (Å²) in [6.07, 6.45) is 0.133. The van der Waals surface area contributed by atoms with Gasteiger partial charge in [-0.25, -0.2) is 0 Å². The predicted octanol–water partition coefficient (Wildman–Crippen LogP) is 5.39. The molecule has 30 heavy (non-hydrogen) atoms. The molecule has 1 fully saturated rings. The van der Waals surface area contributed by atoms with Crippen LogP contribution in [-0.2, 0) is 9.59 Å². The molecule has 0 unspecified atom stereocenters. The first-order valence-corrected chi connectivity index (χ1v) is 10.4. The molecule has 0 radical (unpaired) electrons. The highest BCUT2D eigenvalue weighted by molar-refractivity contribution is 6.44. The Morgan fingerprint density at radius 2 is 1.67 bits per heavy atom. The second-order valence-corrected chi connectivity index (χ2v) is 8.25. The van der Waals surface area contributed by atoms with E-state index in [0.717, 1.165) is 17.1 Å². The van der Waals surface area contributed by atoms with Crippen molar-refractivity contribution in [1.29, 1.82) is 0 Å². The zero-order valence-corrected chi connectivity index (χ0v) is 18.2. The first-order valence-electron chi connectivity index (χ1n) is 9.66. The quantitative estimate of drug-likeness (QED) is 0.589. The monoisotopic (exact) mass is 441 g/mol. The van der Waals surface area contributed by atoms with Gasteiger partial charge in [0.2, 0.25) is 11.8 Å². The first kappa shape index (κ1) is 20.5. The van der Waals surface area contributed by atoms with E-state index in [0.29, 0.717) is 21.4 Å². The van der Waals surface area contributed by atoms with E-state index in [1.54, 1.807) is 18.2 Å². The molecule has 7 heteroatoms. The zero-order valence-electron chi connectivity index (χ0n) is 16.7. The van der Waals surface area contributed by atoms with Gasteiger partial charge in [-0.1, -0.05) is 29.3 Å². The molecule has 1 aliphatic heterocycles. The molecule has 2 heterocycles. The highest BCUT2D eigenvalue weighted by Crippen LogP contribution is 2.36. The van der Waals surface area contributed by atoms with Crippen LogP contribution in [0.4, 0.5) is 11.4 Å². The zero-order chi connectivity index (χ0) is 21.4. The number of hydrogen-bond donors (Lipinski definition) is 1. The summed E-state index contributed by atoms with van der Waals surface area (Å²) in [7, 11) is 0. The molecule has 2 amide bonds. The number of amides is 2. The molecule has 154 valence electrons. The molecule has 1 aliphatic rings. The van der Waals surface area contributed by atoms with Gasteiger partial charge in [-0.2, -0.15) is 0 Å². The molecule has 0 aliphatic carbocycles. The molecular formula is C23H21Cl2N3O2. The van der Waals surface area contributed by atoms with Crippen LogP contribution < -0.4 is 10.2 Å². The van der Waals surface area contributed by atoms with Crippen molar-refractivity contribution < 1.29 is 9.59 Å². The van der Waals surface area contributed by atoms with Gasteiger partial charge in [0.1, 0.15) is 0 Å². The van der Waals surface area contributed by atoms with E-state index in [1.165, 1.54) is 4.90 Å². The minimum Gasteiger partial charge on any atom is -0.326 e. The van der Waals surface area contributed by atoms with Crippen LogP contribution in [0.25, 0.3) is 5.69 Å². The van der Waals surface area contributed by atoms with E-state index in [1.807, 2.05) is 24.3 Å². The lowest BCUT2D eigenvalue weighted by molar-refractivity contribution is -0.122. The summed E-state index contributed by atoms with van der Waals surface area (Å²) in [6, 6.07) is 16.9. The number of hydrogen-bond acceptors (Lipinski definition) is 2. The summed E-state index contributed by atoms with van der Waals surface area (Å²) in [5, 5.41) is 3.62. The van der Waals surface area contributed by atoms with Gasteiger partial charge >= 0.3 is 0 Å². The van der Waals surface area contributed by atoms with Gasteiger partial charge in [0.15, 0.2) is 0 Å². The van der Waals surface area contributed by atoms with Gasteiger partial charge in [0.25, 0.3) is 0 Å². The maximum absolute atomic E-state index is 12.8. The fraction of sp³-hybridized carbons (Fsp3) is 0.217. The summed E-state index contributed by atoms with van der Waals surface area (Å²) in [4.78, 5) is 26.8. The lowest BCUT2D eigenvalue weighted by Crippen LogP contribution is -2.28. The van der Waals surface area contributed by atoms with Crippen LogP contribution in [0.3, 0.4) is 0 Å². The topological polar surface area (TPSA) is 54.3 Å². The molecule has 1 aromatic heterocycles. The van der Waals surface area contributed by atoms with Crippen LogP contribution in [-0.4, -0.2) is 22.9 Å². The van der Waals surface area contributed by atoms with E-state index in [2.05, 4.69) is 35.9 Å². The molecule has 3 aromatic rings. The molecular weight excluding hydrogens is 421 g/mol. The standard InChI is InChI=1S/C23H21Cl2N3O2/c1-14-6-7-15(2)28(14)18-10-8-17(9-11-18)26-23(30)16-12-21(29)27(13-16)20-5-3-4-19(24)22(20)25/h3-11,16H,12-13H2,1-2H3,(H,26,30)/t16-/m0/s1. The Morgan fingerprint density at radius 3 is 2.33 bits per heavy atom. The Hall–Kier alpha value is -2.76. The minimum atomic E-state index is -0.457. The average molecular weight is 442 g/mol. The van der Waals surface area contributed by atoms with E-state index < -0.39 is 5.92 Å². The highest BCUT2D eigenvalue weighted by Gasteiger charge is 2.36. The van der Waals surface area contributed by atoms with Crippen molar-refractivity contribution in [2.45, 2.75) is 20.3 Å². The second-order valence-electron chi connectivity index (χ2n) is 7.47. The number of carbonyl (C=O) groups is 2. The number of nitrogens with zero attached hydrogens (tertiary/aromatic N) is 2. The minimum absolute atomic E-state index is 0.133. The third-order valence-electron chi connectivity index (χ3n) is 5.38. The summed E-state index contributed by atoms with van der Waals surface area (Å²) >= 11 is 12.3. The Labute approximate surface area is 185 Å². The largest absolute Gasteiger partial charge is 0.326 e. The molecule has 0 spiro atoms. The van der Waals surface area contributed by atoms with Crippen molar-refractivity contribution in [2.75, 3.05) is 16.8 Å². The number of carbonyl (C=O) groups excluding carboxylic acids is 2. The maximum atomic E-state index is 12.8. The van der Waals surface area contributed by atoms with Crippen molar-refractivity contribution in [3.05, 3.63) is 76.0 Å². The van der Waals surface area contributed by atoms with E-state index in [-0.39, 0.29) is 24.8 Å². The van der Waals surface area contributed by atoms with Gasteiger partial charge in [0, 0.05) is 35.7 Å². The van der Waals surface area contributed by atoms with Crippen LogP contribution in [0.15, 0.2) is 54.6 Å². The van der Waals surface area contributed by atoms with Crippen LogP contribution in [0, 0.1) is 19.8 Å². The summed E-state index contributed by atoms with van der Waals surface area (Å²) in [5.74, 6) is -0.792. The van der Waals surface area contributed by atoms with Crippen LogP contribution >= 0.6 is 23.2 Å². The van der Waals surface area contributed by atoms with Gasteiger partial charge < -0.3 is 14.8 Å². The van der Waals surface area contributed by atoms with E-state index >= 15 is 0 Å². The number of nitrogens with one attached hydrogen (secondary N) is 1. The third-order valence-corrected chi connectivity index (χ3v) is 6.19. The summed E-state index contributed by atoms with van der Waals surface area (Å²) < 4.78 is 2.15. The predicted molar refractivity (Wildman–Crippen MR) is 121 cm³/mol. The summed E-state index contributed by atoms with van der Waals surface area (Å²) in [5.41, 5.74) is 4.55. The lowest BCUT2D eigenvalue weighted by atomic mass is 10.1. The number of halogens is 2. The van der Waals surface area contributed by atoms with Crippen molar-refractivity contribution in [1.82, 2.24) is 4.57 Å². The SMILES string of the molecule is Cc1ccc(C)n1-c1ccc(NC(=O)[C@H]2CC(=O)N(c3cccc(Cl)c3Cl)C2)cc1. The molecule has 5 nitrogen and oxygen atoms in total. The Morgan fingerprint density at radius 1 is 1.00 bits per heavy atom. The van der Waals surface area contributed by atoms with Crippen molar-refractivity contribution >= 4 is 46.4 Å². The highest BCUT2D eigenvalue weighted by atomic mass is 35.5. The normalized spacial score (nSPS) is 16.2. The number of benzene rings is 2. The Balaban J connectivity index is 1.46. The summed E-state index contributed by atoms with van der Waals surface area (Å²) in [6.45, 7) is 4.38. The van der Waals surface area contributed by atoms with Gasteiger partial charge in [0.05, 0.1) is 21.7 Å². The number of aromatic nitrogens is 1. The van der Waals surface area contributed by atoms with Crippen LogP contribution in [0.1, 0.15) is 17.8 Å². The number of aryl methyl sites for hydroxylation is 2. The molecule has 1 atom stereocenters. The first-order chi connectivity index (χ1) is 14.3. The van der Waals surface area contributed by atoms with Crippen molar-refractivity contribution in [3.63, 3.8) is 0 Å². The smallest absolute Gasteiger partial charge is 0.229 e. The number of anilines is 2. The van der Waals surface area contributed by atoms with Crippen LogP contribution in [0.5, 0.6) is 0 Å². The fourth-order valence-corrected chi connectivity index (χ4v) is 4.23. The lowest BCUT2D eigenvalue weighted by Gasteiger charge is -2.18. The van der Waals surface area contributed by atoms with Crippen molar-refractivity contribution in [3.8, 4) is 5.69 Å². The molecule has 4 rings (SSSR count). The van der Waals surface area contributed by atoms with Gasteiger partial charge in [-0.15, -0.1) is 0 Å². The molecule has 2 aromatic carbocycles. The molecule has 1 N–H and O–H groups in total.